The highest BCUT2D eigenvalue weighted by Gasteiger charge is 2.02. The zero-order valence-corrected chi connectivity index (χ0v) is 12.0. The molecule has 0 spiro atoms. The first-order valence-electron chi connectivity index (χ1n) is 5.76. The minimum absolute atomic E-state index is 0.691. The number of primary amides is 1. The fraction of sp³-hybridized carbons (Fsp3) is 0. The number of hydrazone groups is 1. The summed E-state index contributed by atoms with van der Waals surface area (Å²) in [5, 5.41) is 4.48. The van der Waals surface area contributed by atoms with Crippen molar-refractivity contribution in [3.63, 3.8) is 0 Å². The molecule has 0 aliphatic carbocycles. The predicted molar refractivity (Wildman–Crippen MR) is 82.3 cm³/mol. The molecule has 0 aromatic heterocycles. The lowest BCUT2D eigenvalue weighted by molar-refractivity contribution is 0.249. The van der Waals surface area contributed by atoms with E-state index in [0.717, 1.165) is 15.4 Å². The lowest BCUT2D eigenvalue weighted by atomic mass is 10.2. The van der Waals surface area contributed by atoms with Crippen molar-refractivity contribution in [2.75, 3.05) is 0 Å². The normalized spacial score (nSPS) is 10.7. The molecule has 3 N–H and O–H groups in total. The molecule has 2 rings (SSSR count). The first-order chi connectivity index (χ1) is 9.65. The van der Waals surface area contributed by atoms with Crippen LogP contribution in [0, 0.1) is 0 Å². The molecule has 0 fully saturated rings. The summed E-state index contributed by atoms with van der Waals surface area (Å²) in [6, 6.07) is 14.6. The Labute approximate surface area is 126 Å². The summed E-state index contributed by atoms with van der Waals surface area (Å²) in [6.45, 7) is 0. The third-order valence-corrected chi connectivity index (χ3v) is 3.69. The molecule has 0 unspecified atom stereocenters. The van der Waals surface area contributed by atoms with Crippen molar-refractivity contribution >= 4 is 35.6 Å². The summed E-state index contributed by atoms with van der Waals surface area (Å²) in [7, 11) is 0. The number of halogens is 1. The third-order valence-electron chi connectivity index (χ3n) is 2.34. The lowest BCUT2D eigenvalue weighted by Gasteiger charge is -2.05. The Morgan fingerprint density at radius 2 is 1.90 bits per heavy atom. The number of carbonyl (C=O) groups excluding carboxylic acids is 1. The average Bonchev–Trinajstić information content (AvgIpc) is 2.43. The first kappa shape index (κ1) is 14.4. The van der Waals surface area contributed by atoms with E-state index in [1.807, 2.05) is 48.5 Å². The van der Waals surface area contributed by atoms with Crippen LogP contribution in [0.1, 0.15) is 5.56 Å². The van der Waals surface area contributed by atoms with Gasteiger partial charge in [-0.1, -0.05) is 41.6 Å². The molecule has 0 saturated heterocycles. The molecule has 2 amide bonds. The molecule has 0 aliphatic heterocycles. The Bertz CT molecular complexity index is 629. The standard InChI is InChI=1S/C14H12ClN3OS/c15-11-5-7-12(8-6-11)20-13-4-2-1-3-10(13)9-17-18-14(16)19/h1-9H,(H3,16,18,19). The van der Waals surface area contributed by atoms with E-state index in [0.29, 0.717) is 5.02 Å². The maximum absolute atomic E-state index is 10.6. The fourth-order valence-electron chi connectivity index (χ4n) is 1.48. The smallest absolute Gasteiger partial charge is 0.332 e. The molecule has 0 bridgehead atoms. The van der Waals surface area contributed by atoms with Crippen LogP contribution in [0.25, 0.3) is 0 Å². The van der Waals surface area contributed by atoms with Gasteiger partial charge in [0.1, 0.15) is 0 Å². The van der Waals surface area contributed by atoms with Crippen molar-refractivity contribution in [3.05, 3.63) is 59.1 Å². The highest BCUT2D eigenvalue weighted by atomic mass is 35.5. The highest BCUT2D eigenvalue weighted by molar-refractivity contribution is 7.99. The van der Waals surface area contributed by atoms with Gasteiger partial charge in [-0.3, -0.25) is 0 Å². The van der Waals surface area contributed by atoms with Crippen LogP contribution in [0.4, 0.5) is 4.79 Å². The van der Waals surface area contributed by atoms with Gasteiger partial charge in [0.05, 0.1) is 6.21 Å². The maximum Gasteiger partial charge on any atom is 0.332 e. The minimum atomic E-state index is -0.691. The van der Waals surface area contributed by atoms with Crippen LogP contribution < -0.4 is 11.2 Å². The van der Waals surface area contributed by atoms with Crippen LogP contribution in [0.5, 0.6) is 0 Å². The van der Waals surface area contributed by atoms with Gasteiger partial charge in [0.25, 0.3) is 0 Å². The number of urea groups is 1. The zero-order valence-electron chi connectivity index (χ0n) is 10.4. The number of nitrogens with two attached hydrogens (primary N) is 1. The maximum atomic E-state index is 10.6. The number of benzene rings is 2. The summed E-state index contributed by atoms with van der Waals surface area (Å²) in [6.07, 6.45) is 1.56. The SMILES string of the molecule is NC(=O)NN=Cc1ccccc1Sc1ccc(Cl)cc1. The number of nitrogens with zero attached hydrogens (tertiary/aromatic N) is 1. The van der Waals surface area contributed by atoms with Crippen LogP contribution in [0.3, 0.4) is 0 Å². The monoisotopic (exact) mass is 305 g/mol. The number of amides is 2. The van der Waals surface area contributed by atoms with E-state index < -0.39 is 6.03 Å². The second-order valence-electron chi connectivity index (χ2n) is 3.83. The predicted octanol–water partition coefficient (Wildman–Crippen LogP) is 3.49. The zero-order chi connectivity index (χ0) is 14.4. The van der Waals surface area contributed by atoms with Crippen LogP contribution in [-0.4, -0.2) is 12.2 Å². The molecule has 0 radical (unpaired) electrons. The number of rotatable bonds is 4. The largest absolute Gasteiger partial charge is 0.350 e. The topological polar surface area (TPSA) is 67.5 Å². The summed E-state index contributed by atoms with van der Waals surface area (Å²) in [5.74, 6) is 0. The second kappa shape index (κ2) is 6.98. The Hall–Kier alpha value is -1.98. The summed E-state index contributed by atoms with van der Waals surface area (Å²) in [5.41, 5.74) is 8.02. The van der Waals surface area contributed by atoms with Crippen molar-refractivity contribution in [1.82, 2.24) is 5.43 Å². The van der Waals surface area contributed by atoms with E-state index in [2.05, 4.69) is 10.5 Å². The van der Waals surface area contributed by atoms with Gasteiger partial charge in [-0.05, 0) is 30.3 Å². The molecule has 2 aromatic carbocycles. The number of nitrogens with one attached hydrogen (secondary N) is 1. The fourth-order valence-corrected chi connectivity index (χ4v) is 2.51. The van der Waals surface area contributed by atoms with Crippen molar-refractivity contribution in [2.24, 2.45) is 10.8 Å². The van der Waals surface area contributed by atoms with Crippen molar-refractivity contribution in [1.29, 1.82) is 0 Å². The Morgan fingerprint density at radius 1 is 1.20 bits per heavy atom. The van der Waals surface area contributed by atoms with Crippen molar-refractivity contribution in [3.8, 4) is 0 Å². The van der Waals surface area contributed by atoms with Crippen LogP contribution in [0.2, 0.25) is 5.02 Å². The Balaban J connectivity index is 2.17. The Morgan fingerprint density at radius 3 is 2.60 bits per heavy atom. The van der Waals surface area contributed by atoms with Crippen LogP contribution in [-0.2, 0) is 0 Å². The van der Waals surface area contributed by atoms with E-state index >= 15 is 0 Å². The summed E-state index contributed by atoms with van der Waals surface area (Å²) in [4.78, 5) is 12.7. The van der Waals surface area contributed by atoms with Gasteiger partial charge >= 0.3 is 6.03 Å². The molecular weight excluding hydrogens is 294 g/mol. The van der Waals surface area contributed by atoms with E-state index in [4.69, 9.17) is 17.3 Å². The second-order valence-corrected chi connectivity index (χ2v) is 5.38. The van der Waals surface area contributed by atoms with Gasteiger partial charge in [-0.2, -0.15) is 5.10 Å². The molecule has 0 atom stereocenters. The molecule has 0 saturated carbocycles. The van der Waals surface area contributed by atoms with E-state index in [1.165, 1.54) is 0 Å². The summed E-state index contributed by atoms with van der Waals surface area (Å²) >= 11 is 7.45. The molecule has 6 heteroatoms. The quantitative estimate of drug-likeness (QED) is 0.670. The molecule has 2 aromatic rings. The van der Waals surface area contributed by atoms with E-state index in [-0.39, 0.29) is 0 Å². The molecular formula is C14H12ClN3OS. The number of hydrogen-bond donors (Lipinski definition) is 2. The number of hydrogen-bond acceptors (Lipinski definition) is 3. The minimum Gasteiger partial charge on any atom is -0.350 e. The van der Waals surface area contributed by atoms with Gasteiger partial charge in [-0.15, -0.1) is 0 Å². The van der Waals surface area contributed by atoms with Crippen molar-refractivity contribution < 1.29 is 4.79 Å². The van der Waals surface area contributed by atoms with Crippen LogP contribution in [0.15, 0.2) is 63.4 Å². The molecule has 0 heterocycles. The molecule has 0 aliphatic rings. The van der Waals surface area contributed by atoms with Gasteiger partial charge in [0, 0.05) is 20.4 Å². The first-order valence-corrected chi connectivity index (χ1v) is 6.95. The molecule has 4 nitrogen and oxygen atoms in total. The van der Waals surface area contributed by atoms with Gasteiger partial charge in [0.2, 0.25) is 0 Å². The van der Waals surface area contributed by atoms with Crippen molar-refractivity contribution in [2.45, 2.75) is 9.79 Å². The van der Waals surface area contributed by atoms with Crippen LogP contribution >= 0.6 is 23.4 Å². The molecule has 102 valence electrons. The van der Waals surface area contributed by atoms with E-state index in [1.54, 1.807) is 18.0 Å². The third kappa shape index (κ3) is 4.29. The lowest BCUT2D eigenvalue weighted by Crippen LogP contribution is -2.24. The average molecular weight is 306 g/mol. The summed E-state index contributed by atoms with van der Waals surface area (Å²) < 4.78 is 0. The molecule has 20 heavy (non-hydrogen) atoms. The van der Waals surface area contributed by atoms with E-state index in [9.17, 15) is 4.79 Å². The van der Waals surface area contributed by atoms with Gasteiger partial charge in [0.15, 0.2) is 0 Å². The van der Waals surface area contributed by atoms with Gasteiger partial charge < -0.3 is 5.73 Å². The number of carbonyl (C=O) groups is 1. The highest BCUT2D eigenvalue weighted by Crippen LogP contribution is 2.30. The Kier molecular flexibility index (Phi) is 5.03. The van der Waals surface area contributed by atoms with Gasteiger partial charge in [-0.25, -0.2) is 10.2 Å².